The van der Waals surface area contributed by atoms with Gasteiger partial charge in [-0.25, -0.2) is 0 Å². The zero-order chi connectivity index (χ0) is 25.3. The molecular formula is C34H27FeOPS+2. The largest absolute Gasteiger partial charge is 2.00 e. The van der Waals surface area contributed by atoms with Crippen LogP contribution in [0.4, 0.5) is 0 Å². The minimum Gasteiger partial charge on any atom is -0.254 e. The summed E-state index contributed by atoms with van der Waals surface area (Å²) in [5, 5.41) is 4.74. The van der Waals surface area contributed by atoms with Crippen LogP contribution < -0.4 is 15.9 Å². The van der Waals surface area contributed by atoms with Crippen molar-refractivity contribution >= 4 is 34.6 Å². The molecule has 6 rings (SSSR count). The summed E-state index contributed by atoms with van der Waals surface area (Å²) < 4.78 is 13.4. The molecule has 0 aromatic heterocycles. The van der Waals surface area contributed by atoms with Gasteiger partial charge in [-0.3, -0.25) is 4.21 Å². The molecule has 0 saturated heterocycles. The van der Waals surface area contributed by atoms with Gasteiger partial charge in [-0.15, -0.1) is 0 Å². The normalized spacial score (nSPS) is 16.4. The number of rotatable bonds is 6. The predicted octanol–water partition coefficient (Wildman–Crippen LogP) is 6.35. The first-order valence-corrected chi connectivity index (χ1v) is 14.7. The fourth-order valence-corrected chi connectivity index (χ4v) is 7.96. The summed E-state index contributed by atoms with van der Waals surface area (Å²) >= 11 is 0. The van der Waals surface area contributed by atoms with Crippen LogP contribution in [0.25, 0.3) is 0 Å². The van der Waals surface area contributed by atoms with E-state index in [1.807, 2.05) is 75.3 Å². The molecule has 2 aliphatic carbocycles. The Morgan fingerprint density at radius 3 is 1.53 bits per heavy atom. The van der Waals surface area contributed by atoms with Gasteiger partial charge in [0.2, 0.25) is 0 Å². The first-order valence-electron chi connectivity index (χ1n) is 12.2. The van der Waals surface area contributed by atoms with Crippen LogP contribution in [0.2, 0.25) is 0 Å². The minimum atomic E-state index is -1.23. The molecule has 0 spiro atoms. The Bertz CT molecular complexity index is 1210. The van der Waals surface area contributed by atoms with Crippen LogP contribution in [0.5, 0.6) is 0 Å². The van der Waals surface area contributed by atoms with Crippen molar-refractivity contribution < 1.29 is 21.3 Å². The topological polar surface area (TPSA) is 17.1 Å². The van der Waals surface area contributed by atoms with Crippen molar-refractivity contribution in [2.75, 3.05) is 0 Å². The Balaban J connectivity index is 0.000000504. The van der Waals surface area contributed by atoms with E-state index in [4.69, 9.17) is 0 Å². The van der Waals surface area contributed by atoms with Crippen molar-refractivity contribution in [2.24, 2.45) is 0 Å². The molecule has 2 aliphatic rings. The maximum absolute atomic E-state index is 13.4. The van der Waals surface area contributed by atoms with Gasteiger partial charge in [0.15, 0.2) is 0 Å². The van der Waals surface area contributed by atoms with E-state index in [0.717, 1.165) is 21.6 Å². The number of hydrogen-bond acceptors (Lipinski definition) is 1. The maximum Gasteiger partial charge on any atom is 2.00 e. The molecule has 0 amide bonds. The maximum atomic E-state index is 13.4. The summed E-state index contributed by atoms with van der Waals surface area (Å²) in [7, 11) is -1.99. The van der Waals surface area contributed by atoms with E-state index in [1.165, 1.54) is 15.9 Å². The van der Waals surface area contributed by atoms with E-state index >= 15 is 0 Å². The van der Waals surface area contributed by atoms with Crippen molar-refractivity contribution in [3.8, 4) is 0 Å². The first-order chi connectivity index (χ1) is 18.3. The summed E-state index contributed by atoms with van der Waals surface area (Å²) in [6.07, 6.45) is 16.1. The minimum absolute atomic E-state index is 0. The summed E-state index contributed by atoms with van der Waals surface area (Å²) in [6, 6.07) is 39.7. The zero-order valence-electron chi connectivity index (χ0n) is 20.7. The monoisotopic (exact) mass is 570 g/mol. The average molecular weight is 570 g/mol. The third-order valence-corrected chi connectivity index (χ3v) is 9.91. The van der Waals surface area contributed by atoms with Crippen molar-refractivity contribution in [3.05, 3.63) is 183 Å². The van der Waals surface area contributed by atoms with Crippen molar-refractivity contribution in [1.29, 1.82) is 0 Å². The van der Waals surface area contributed by atoms with Gasteiger partial charge < -0.3 is 0 Å². The Kier molecular flexibility index (Phi) is 11.4. The molecule has 0 bridgehead atoms. The quantitative estimate of drug-likeness (QED) is 0.195. The van der Waals surface area contributed by atoms with Gasteiger partial charge in [0.05, 0.1) is 16.0 Å². The molecule has 10 radical (unpaired) electrons. The molecule has 2 fully saturated rings. The Morgan fingerprint density at radius 2 is 0.974 bits per heavy atom. The fraction of sp³-hybridized carbons (Fsp3) is 0. The van der Waals surface area contributed by atoms with Crippen LogP contribution in [0.1, 0.15) is 5.56 Å². The molecule has 0 aliphatic heterocycles. The van der Waals surface area contributed by atoms with Crippen molar-refractivity contribution in [3.63, 3.8) is 0 Å². The summed E-state index contributed by atoms with van der Waals surface area (Å²) in [5.74, 6) is 1.04. The van der Waals surface area contributed by atoms with Gasteiger partial charge in [-0.2, -0.15) is 0 Å². The van der Waals surface area contributed by atoms with Crippen LogP contribution in [0.3, 0.4) is 0 Å². The molecule has 0 unspecified atom stereocenters. The number of benzene rings is 4. The summed E-state index contributed by atoms with van der Waals surface area (Å²) in [4.78, 5) is 0.825. The van der Waals surface area contributed by atoms with Crippen LogP contribution in [-0.2, 0) is 27.9 Å². The summed E-state index contributed by atoms with van der Waals surface area (Å²) in [6.45, 7) is 0. The van der Waals surface area contributed by atoms with Gasteiger partial charge in [0.1, 0.15) is 0 Å². The predicted molar refractivity (Wildman–Crippen MR) is 158 cm³/mol. The Hall–Kier alpha value is -2.02. The van der Waals surface area contributed by atoms with Gasteiger partial charge in [-0.05, 0) is 92.9 Å². The van der Waals surface area contributed by atoms with Gasteiger partial charge in [0.25, 0.3) is 0 Å². The van der Waals surface area contributed by atoms with Crippen molar-refractivity contribution in [1.82, 2.24) is 0 Å². The third kappa shape index (κ3) is 7.13. The molecule has 4 aromatic carbocycles. The SMILES string of the molecule is O=[S@@]([C]1[CH][CH][CH][C]1c1ccccc1P(c1ccccc1)c1ccccc1)c1ccccc1.[CH]1[CH][CH][CH][CH]1.[Fe+2]. The van der Waals surface area contributed by atoms with Crippen LogP contribution in [0, 0.1) is 62.5 Å². The molecule has 0 N–H and O–H groups in total. The van der Waals surface area contributed by atoms with Gasteiger partial charge >= 0.3 is 17.1 Å². The Labute approximate surface area is 243 Å². The third-order valence-electron chi connectivity index (χ3n) is 5.95. The van der Waals surface area contributed by atoms with Gasteiger partial charge in [0, 0.05) is 10.8 Å². The molecule has 1 nitrogen and oxygen atoms in total. The van der Waals surface area contributed by atoms with E-state index in [2.05, 4.69) is 91.3 Å². The second-order valence-electron chi connectivity index (χ2n) is 8.37. The standard InChI is InChI=1S/C29H22OPS.C5H5.Fe/c30-32(25-17-8-3-9-18-25)29-22-12-20-27(29)26-19-10-11-21-28(26)31(23-13-4-1-5-14-23)24-15-6-2-7-16-24;1-2-4-5-3-1;/h1-22H;1-5H;/q;;+2/t32-;;/m1../s1. The van der Waals surface area contributed by atoms with E-state index < -0.39 is 18.7 Å². The Morgan fingerprint density at radius 1 is 0.500 bits per heavy atom. The molecule has 38 heavy (non-hydrogen) atoms. The molecule has 4 heteroatoms. The van der Waals surface area contributed by atoms with Crippen molar-refractivity contribution in [2.45, 2.75) is 4.90 Å². The molecule has 4 aromatic rings. The summed E-state index contributed by atoms with van der Waals surface area (Å²) in [5.41, 5.74) is 1.15. The van der Waals surface area contributed by atoms with E-state index in [-0.39, 0.29) is 17.1 Å². The fourth-order valence-electron chi connectivity index (χ4n) is 4.26. The average Bonchev–Trinajstić information content (AvgIpc) is 3.71. The van der Waals surface area contributed by atoms with E-state index in [1.54, 1.807) is 0 Å². The second kappa shape index (κ2) is 14.9. The first kappa shape index (κ1) is 29.0. The molecule has 1 atom stereocenters. The van der Waals surface area contributed by atoms with E-state index in [9.17, 15) is 4.21 Å². The second-order valence-corrected chi connectivity index (χ2v) is 12.0. The van der Waals surface area contributed by atoms with E-state index in [0.29, 0.717) is 0 Å². The van der Waals surface area contributed by atoms with Gasteiger partial charge in [-0.1, -0.05) is 103 Å². The van der Waals surface area contributed by atoms with Crippen LogP contribution >= 0.6 is 7.92 Å². The smallest absolute Gasteiger partial charge is 0.254 e. The number of hydrogen-bond donors (Lipinski definition) is 0. The van der Waals surface area contributed by atoms with Crippen LogP contribution in [0.15, 0.2) is 120 Å². The van der Waals surface area contributed by atoms with Crippen LogP contribution in [-0.4, -0.2) is 4.21 Å². The zero-order valence-corrected chi connectivity index (χ0v) is 23.5. The molecule has 0 heterocycles. The molecule has 2 saturated carbocycles. The molecular weight excluding hydrogens is 543 g/mol. The molecule has 186 valence electrons.